The lowest BCUT2D eigenvalue weighted by Gasteiger charge is -2.37. The Balaban J connectivity index is 1.53. The monoisotopic (exact) mass is 498 g/mol. The second-order valence-corrected chi connectivity index (χ2v) is 9.34. The minimum Gasteiger partial charge on any atom is -0.507 e. The average Bonchev–Trinajstić information content (AvgIpc) is 2.87. The number of benzene rings is 2. The van der Waals surface area contributed by atoms with Gasteiger partial charge in [-0.25, -0.2) is 0 Å². The van der Waals surface area contributed by atoms with Gasteiger partial charge in [-0.2, -0.15) is 0 Å². The molecular weight excluding hydrogens is 472 g/mol. The molecule has 0 aromatic heterocycles. The second-order valence-electron chi connectivity index (χ2n) is 9.34. The number of fused-ring (bicyclic) bond motifs is 3. The third-order valence-electron chi connectivity index (χ3n) is 7.15. The van der Waals surface area contributed by atoms with Crippen LogP contribution in [0.5, 0.6) is 17.2 Å². The molecule has 3 aliphatic rings. The van der Waals surface area contributed by atoms with Gasteiger partial charge in [-0.1, -0.05) is 12.1 Å². The van der Waals surface area contributed by atoms with Gasteiger partial charge >= 0.3 is 0 Å². The molecule has 1 heterocycles. The number of rotatable bonds is 5. The van der Waals surface area contributed by atoms with E-state index in [0.29, 0.717) is 13.0 Å². The first-order valence-electron chi connectivity index (χ1n) is 11.7. The van der Waals surface area contributed by atoms with E-state index in [1.165, 1.54) is 25.3 Å². The molecule has 1 aliphatic heterocycles. The molecule has 3 atom stereocenters. The molecule has 0 unspecified atom stereocenters. The predicted molar refractivity (Wildman–Crippen MR) is 122 cm³/mol. The number of hydrogen-bond donors (Lipinski definition) is 4. The molecule has 2 aliphatic carbocycles. The van der Waals surface area contributed by atoms with Crippen LogP contribution in [0, 0.1) is 0 Å². The number of Topliss-reactive ketones (excluding diaryl/α,β-unsaturated/α-hetero) is 1. The summed E-state index contributed by atoms with van der Waals surface area (Å²) in [5.74, 6) is -3.46. The number of hydrogen-bond acceptors (Lipinski definition) is 10. The number of methoxy groups -OCH3 is 1. The lowest BCUT2D eigenvalue weighted by Crippen LogP contribution is -2.48. The van der Waals surface area contributed by atoms with Gasteiger partial charge in [-0.15, -0.1) is 0 Å². The predicted octanol–water partition coefficient (Wildman–Crippen LogP) is 1.70. The van der Waals surface area contributed by atoms with Crippen LogP contribution in [0.15, 0.2) is 18.2 Å². The Labute approximate surface area is 206 Å². The molecular formula is C26H26O10. The molecule has 0 radical (unpaired) electrons. The fraction of sp³-hybridized carbons (Fsp3) is 0.423. The van der Waals surface area contributed by atoms with E-state index in [4.69, 9.17) is 14.2 Å². The first-order valence-corrected chi connectivity index (χ1v) is 11.7. The average molecular weight is 498 g/mol. The normalized spacial score (nSPS) is 25.1. The summed E-state index contributed by atoms with van der Waals surface area (Å²) in [4.78, 5) is 39.6. The van der Waals surface area contributed by atoms with E-state index in [1.54, 1.807) is 0 Å². The van der Waals surface area contributed by atoms with Crippen LogP contribution < -0.4 is 4.74 Å². The summed E-state index contributed by atoms with van der Waals surface area (Å²) >= 11 is 0. The highest BCUT2D eigenvalue weighted by atomic mass is 16.7. The molecule has 10 heteroatoms. The molecule has 5 rings (SSSR count). The van der Waals surface area contributed by atoms with Crippen LogP contribution in [0.2, 0.25) is 0 Å². The van der Waals surface area contributed by atoms with E-state index in [9.17, 15) is 34.8 Å². The lowest BCUT2D eigenvalue weighted by molar-refractivity contribution is -0.179. The van der Waals surface area contributed by atoms with Crippen LogP contribution in [0.25, 0.3) is 0 Å². The standard InChI is InChI=1S/C26H26O10/c1-34-15-6-4-5-12-19(15)25(32)21-20(22(12)29)23(30)13-9-26(33,10-14(27)18(13)24(21)31)16(28)11-36-17-7-2-3-8-35-17/h4-6,14,17,27,30-31,33H,2-3,7-11H2,1H3/t14-,17-,26-/m0/s1. The van der Waals surface area contributed by atoms with Crippen molar-refractivity contribution in [1.82, 2.24) is 0 Å². The summed E-state index contributed by atoms with van der Waals surface area (Å²) < 4.78 is 16.1. The molecule has 1 fully saturated rings. The van der Waals surface area contributed by atoms with Crippen LogP contribution in [-0.4, -0.2) is 70.0 Å². The molecule has 36 heavy (non-hydrogen) atoms. The zero-order valence-corrected chi connectivity index (χ0v) is 19.6. The lowest BCUT2D eigenvalue weighted by atomic mass is 9.72. The summed E-state index contributed by atoms with van der Waals surface area (Å²) in [5, 5.41) is 44.2. The summed E-state index contributed by atoms with van der Waals surface area (Å²) in [6.07, 6.45) is -0.778. The number of aliphatic hydroxyl groups is 2. The molecule has 0 saturated carbocycles. The van der Waals surface area contributed by atoms with E-state index in [0.717, 1.165) is 12.8 Å². The molecule has 0 amide bonds. The zero-order chi connectivity index (χ0) is 25.8. The van der Waals surface area contributed by atoms with Gasteiger partial charge in [-0.05, 0) is 25.3 Å². The van der Waals surface area contributed by atoms with Crippen molar-refractivity contribution in [1.29, 1.82) is 0 Å². The Bertz CT molecular complexity index is 1280. The molecule has 1 saturated heterocycles. The number of carbonyl (C=O) groups is 3. The number of carbonyl (C=O) groups excluding carboxylic acids is 3. The van der Waals surface area contributed by atoms with Crippen LogP contribution in [0.4, 0.5) is 0 Å². The van der Waals surface area contributed by atoms with Gasteiger partial charge in [0.1, 0.15) is 29.5 Å². The van der Waals surface area contributed by atoms with Crippen molar-refractivity contribution in [2.45, 2.75) is 50.1 Å². The van der Waals surface area contributed by atoms with Gasteiger partial charge in [-0.3, -0.25) is 14.4 Å². The van der Waals surface area contributed by atoms with Crippen molar-refractivity contribution >= 4 is 17.3 Å². The van der Waals surface area contributed by atoms with Gasteiger partial charge in [0.15, 0.2) is 17.9 Å². The van der Waals surface area contributed by atoms with Crippen molar-refractivity contribution in [3.63, 3.8) is 0 Å². The minimum atomic E-state index is -2.14. The Morgan fingerprint density at radius 3 is 2.56 bits per heavy atom. The Morgan fingerprint density at radius 1 is 1.11 bits per heavy atom. The van der Waals surface area contributed by atoms with Crippen molar-refractivity contribution in [3.05, 3.63) is 51.6 Å². The van der Waals surface area contributed by atoms with Gasteiger partial charge in [0.05, 0.1) is 29.9 Å². The third kappa shape index (κ3) is 3.68. The van der Waals surface area contributed by atoms with E-state index in [-0.39, 0.29) is 28.0 Å². The smallest absolute Gasteiger partial charge is 0.202 e. The quantitative estimate of drug-likeness (QED) is 0.381. The number of phenols is 2. The zero-order valence-electron chi connectivity index (χ0n) is 19.6. The van der Waals surface area contributed by atoms with Crippen molar-refractivity contribution in [2.75, 3.05) is 20.3 Å². The Hall–Kier alpha value is -3.31. The number of aliphatic hydroxyl groups excluding tert-OH is 1. The van der Waals surface area contributed by atoms with Crippen molar-refractivity contribution < 1.29 is 49.0 Å². The van der Waals surface area contributed by atoms with Crippen molar-refractivity contribution in [2.24, 2.45) is 0 Å². The fourth-order valence-electron chi connectivity index (χ4n) is 5.30. The maximum absolute atomic E-state index is 13.4. The number of aromatic hydroxyl groups is 2. The number of ketones is 3. The summed E-state index contributed by atoms with van der Waals surface area (Å²) in [6, 6.07) is 4.40. The molecule has 0 bridgehead atoms. The highest BCUT2D eigenvalue weighted by Crippen LogP contribution is 2.51. The molecule has 10 nitrogen and oxygen atoms in total. The highest BCUT2D eigenvalue weighted by molar-refractivity contribution is 6.31. The van der Waals surface area contributed by atoms with Gasteiger partial charge in [0.2, 0.25) is 5.78 Å². The summed E-state index contributed by atoms with van der Waals surface area (Å²) in [7, 11) is 1.33. The maximum atomic E-state index is 13.4. The van der Waals surface area contributed by atoms with Gasteiger partial charge in [0, 0.05) is 36.1 Å². The van der Waals surface area contributed by atoms with E-state index in [2.05, 4.69) is 0 Å². The number of phenolic OH excluding ortho intramolecular Hbond substituents is 2. The Morgan fingerprint density at radius 2 is 1.86 bits per heavy atom. The third-order valence-corrected chi connectivity index (χ3v) is 7.15. The van der Waals surface area contributed by atoms with Gasteiger partial charge < -0.3 is 34.6 Å². The topological polar surface area (TPSA) is 160 Å². The largest absolute Gasteiger partial charge is 0.507 e. The van der Waals surface area contributed by atoms with Crippen molar-refractivity contribution in [3.8, 4) is 17.2 Å². The molecule has 2 aromatic rings. The van der Waals surface area contributed by atoms with Crippen LogP contribution in [0.3, 0.4) is 0 Å². The molecule has 4 N–H and O–H groups in total. The highest BCUT2D eigenvalue weighted by Gasteiger charge is 2.48. The van der Waals surface area contributed by atoms with Crippen LogP contribution >= 0.6 is 0 Å². The van der Waals surface area contributed by atoms with Crippen LogP contribution in [0.1, 0.15) is 74.8 Å². The van der Waals surface area contributed by atoms with E-state index in [1.807, 2.05) is 0 Å². The van der Waals surface area contributed by atoms with E-state index >= 15 is 0 Å². The molecule has 2 aromatic carbocycles. The first-order chi connectivity index (χ1) is 17.2. The van der Waals surface area contributed by atoms with Crippen LogP contribution in [-0.2, 0) is 20.7 Å². The van der Waals surface area contributed by atoms with E-state index < -0.39 is 77.4 Å². The minimum absolute atomic E-state index is 0.0231. The van der Waals surface area contributed by atoms with Gasteiger partial charge in [0.25, 0.3) is 0 Å². The second kappa shape index (κ2) is 8.97. The molecule has 0 spiro atoms. The summed E-state index contributed by atoms with van der Waals surface area (Å²) in [5.41, 5.74) is -3.52. The fourth-order valence-corrected chi connectivity index (χ4v) is 5.30. The number of ether oxygens (including phenoxy) is 3. The summed E-state index contributed by atoms with van der Waals surface area (Å²) in [6.45, 7) is 0.0285. The first kappa shape index (κ1) is 24.4. The maximum Gasteiger partial charge on any atom is 0.202 e. The SMILES string of the molecule is COc1cccc2c1C(=O)c1c(O)c3c(c(O)c1C2=O)C[C@@](O)(C(=O)CO[C@H]1CCCCO1)C[C@@H]3O. The Kier molecular flexibility index (Phi) is 6.08. The molecule has 190 valence electrons.